The SMILES string of the molecule is COCCOOCCOOCCOOCCOOCCOOCCOOCCOOCCOOCCOOCCOOCCOCCCC1(CCCOCCOOCCOOCCOOCCOOCCOOCCOOCCOOCCOOCCOOCCOOCCOC)c2cc(B3OC(C)(C)C(C)(C)O3)ccc2-c2ccc(-c3ccc(CCCC(=O)CCCN)cc3)cc21. The highest BCUT2D eigenvalue weighted by molar-refractivity contribution is 6.62. The molecule has 1 aliphatic carbocycles. The number of benzene rings is 3. The van der Waals surface area contributed by atoms with Crippen molar-refractivity contribution >= 4 is 18.4 Å². The Labute approximate surface area is 776 Å². The Morgan fingerprint density at radius 1 is 0.271 bits per heavy atom. The number of rotatable bonds is 103. The number of carbonyl (C=O) groups is 1. The maximum absolute atomic E-state index is 12.4. The van der Waals surface area contributed by atoms with Gasteiger partial charge in [0.2, 0.25) is 0 Å². The summed E-state index contributed by atoms with van der Waals surface area (Å²) in [6, 6.07) is 22.0. The first-order valence-corrected chi connectivity index (χ1v) is 44.5. The predicted octanol–water partition coefficient (Wildman–Crippen LogP) is 6.40. The van der Waals surface area contributed by atoms with Crippen molar-refractivity contribution < 1.29 is 229 Å². The van der Waals surface area contributed by atoms with E-state index in [1.807, 2.05) is 0 Å². The third-order valence-electron chi connectivity index (χ3n) is 18.1. The second-order valence-corrected chi connectivity index (χ2v) is 28.5. The average Bonchev–Trinajstić information content (AvgIpc) is 1.56. The molecule has 1 aliphatic heterocycles. The topological polar surface area (TPSA) is 468 Å². The summed E-state index contributed by atoms with van der Waals surface area (Å²) in [6.07, 6.45) is 6.26. The third kappa shape index (κ3) is 60.3. The van der Waals surface area contributed by atoms with E-state index in [1.54, 1.807) is 14.2 Å². The van der Waals surface area contributed by atoms with Crippen LogP contribution >= 0.6 is 0 Å². The minimum atomic E-state index is -0.580. The van der Waals surface area contributed by atoms with Gasteiger partial charge in [-0.15, -0.1) is 0 Å². The Morgan fingerprint density at radius 2 is 0.504 bits per heavy atom. The molecular formula is C84H142BNO47. The molecule has 768 valence electrons. The number of hydrogen-bond donors (Lipinski definition) is 1. The normalized spacial score (nSPS) is 13.8. The minimum Gasteiger partial charge on any atom is -0.399 e. The Balaban J connectivity index is 0.882. The van der Waals surface area contributed by atoms with Gasteiger partial charge < -0.3 is 34.0 Å². The molecule has 1 fully saturated rings. The maximum atomic E-state index is 12.4. The molecule has 0 spiro atoms. The molecule has 3 aromatic rings. The van der Waals surface area contributed by atoms with Crippen LogP contribution in [0.1, 0.15) is 95.8 Å². The average molecular weight is 1930 g/mol. The van der Waals surface area contributed by atoms with Gasteiger partial charge in [-0.2, -0.15) is 0 Å². The van der Waals surface area contributed by atoms with Crippen LogP contribution in [-0.4, -0.2) is 349 Å². The van der Waals surface area contributed by atoms with Crippen molar-refractivity contribution in [2.45, 2.75) is 102 Å². The van der Waals surface area contributed by atoms with Crippen molar-refractivity contribution in [3.63, 3.8) is 0 Å². The summed E-state index contributed by atoms with van der Waals surface area (Å²) in [7, 11) is 2.55. The van der Waals surface area contributed by atoms with Crippen LogP contribution in [0.3, 0.4) is 0 Å². The van der Waals surface area contributed by atoms with Crippen molar-refractivity contribution in [1.29, 1.82) is 0 Å². The van der Waals surface area contributed by atoms with Crippen LogP contribution in [0, 0.1) is 0 Å². The highest BCUT2D eigenvalue weighted by Gasteiger charge is 2.53. The highest BCUT2D eigenvalue weighted by Crippen LogP contribution is 2.55. The molecule has 48 nitrogen and oxygen atoms in total. The summed E-state index contributed by atoms with van der Waals surface area (Å²) in [5.74, 6) is 0.250. The molecule has 5 rings (SSSR count). The first kappa shape index (κ1) is 119. The van der Waals surface area contributed by atoms with E-state index in [4.69, 9.17) is 229 Å². The molecule has 0 atom stereocenters. The molecule has 0 radical (unpaired) electrons. The molecule has 3 aromatic carbocycles. The summed E-state index contributed by atoms with van der Waals surface area (Å²) in [5.41, 5.74) is 13.1. The van der Waals surface area contributed by atoms with Crippen molar-refractivity contribution in [2.24, 2.45) is 5.73 Å². The monoisotopic (exact) mass is 1930 g/mol. The zero-order chi connectivity index (χ0) is 94.5. The lowest BCUT2D eigenvalue weighted by Crippen LogP contribution is -2.41. The van der Waals surface area contributed by atoms with Crippen LogP contribution in [-0.2, 0) is 240 Å². The summed E-state index contributed by atoms with van der Waals surface area (Å²) < 4.78 is 35.3. The molecule has 1 saturated heterocycles. The number of fused-ring (bicyclic) bond motifs is 3. The van der Waals surface area contributed by atoms with Crippen molar-refractivity contribution in [1.82, 2.24) is 0 Å². The minimum absolute atomic E-state index is 0.0795. The lowest BCUT2D eigenvalue weighted by molar-refractivity contribution is -0.379. The summed E-state index contributed by atoms with van der Waals surface area (Å²) in [4.78, 5) is 213. The fourth-order valence-corrected chi connectivity index (χ4v) is 11.4. The molecule has 2 aliphatic rings. The van der Waals surface area contributed by atoms with Crippen LogP contribution in [0.25, 0.3) is 22.3 Å². The number of ether oxygens (including phenoxy) is 4. The number of methoxy groups -OCH3 is 2. The van der Waals surface area contributed by atoms with Crippen LogP contribution in [0.4, 0.5) is 0 Å². The van der Waals surface area contributed by atoms with Crippen molar-refractivity contribution in [2.75, 3.05) is 325 Å². The zero-order valence-corrected chi connectivity index (χ0v) is 77.7. The van der Waals surface area contributed by atoms with E-state index >= 15 is 0 Å². The Bertz CT molecular complexity index is 3010. The van der Waals surface area contributed by atoms with E-state index in [0.29, 0.717) is 78.3 Å². The van der Waals surface area contributed by atoms with E-state index in [1.165, 1.54) is 16.7 Å². The Morgan fingerprint density at radius 3 is 0.767 bits per heavy atom. The quantitative estimate of drug-likeness (QED) is 0.0276. The Kier molecular flexibility index (Phi) is 75.5. The van der Waals surface area contributed by atoms with Gasteiger partial charge in [0.1, 0.15) is 270 Å². The summed E-state index contributed by atoms with van der Waals surface area (Å²) in [5, 5.41) is 0. The number of carbonyl (C=O) groups excluding carboxylic acids is 1. The molecule has 0 saturated carbocycles. The molecule has 1 heterocycles. The molecule has 0 amide bonds. The van der Waals surface area contributed by atoms with Gasteiger partial charge in [0, 0.05) is 45.7 Å². The van der Waals surface area contributed by atoms with Crippen LogP contribution in [0.5, 0.6) is 0 Å². The molecular weight excluding hydrogens is 1790 g/mol. The number of nitrogens with two attached hydrogens (primary N) is 1. The standard InChI is InChI=1S/C84H142BNO47/c1-82(2)83(3,4)133-85(132-82)76-19-21-79-78-20-18-75(74-16-14-73(15-17-74)11-7-12-77(87)13-8-24-86)71-80(78)84(81(79)72-76,22-9-25-90-29-33-94-98-37-41-102-106-45-49-110-114-53-57-118-122-61-65-126-130-69-67-128-124-63-59-120-116-55-51-112-108-47-43-104-100-39-35-96-92-31-27-88-5)23-10-26-91-30-34-95-99-38-42-103-107-46-50-111-115-54-58-119-123-62-66-127-131-70-68-129-125-64-60-121-117-56-52-113-109-48-44-105-101-40-36-97-93-32-28-89-6/h14-21,71-72H,7-13,22-70,86H2,1-6H3. The number of hydrogen-bond acceptors (Lipinski definition) is 48. The maximum Gasteiger partial charge on any atom is 0.494 e. The Hall–Kier alpha value is -4.49. The van der Waals surface area contributed by atoms with Crippen molar-refractivity contribution in [3.05, 3.63) is 77.4 Å². The largest absolute Gasteiger partial charge is 0.494 e. The van der Waals surface area contributed by atoms with Gasteiger partial charge in [-0.05, 0) is 130 Å². The molecule has 133 heavy (non-hydrogen) atoms. The smallest absolute Gasteiger partial charge is 0.399 e. The van der Waals surface area contributed by atoms with E-state index in [-0.39, 0.29) is 270 Å². The molecule has 0 aromatic heterocycles. The zero-order valence-electron chi connectivity index (χ0n) is 77.7. The van der Waals surface area contributed by atoms with Crippen LogP contribution in [0.2, 0.25) is 0 Å². The number of Topliss-reactive ketones (excluding diaryl/α,β-unsaturated/α-hetero) is 1. The van der Waals surface area contributed by atoms with Gasteiger partial charge in [0.15, 0.2) is 0 Å². The summed E-state index contributed by atoms with van der Waals surface area (Å²) >= 11 is 0. The second-order valence-electron chi connectivity index (χ2n) is 28.5. The lowest BCUT2D eigenvalue weighted by atomic mass is 9.69. The third-order valence-corrected chi connectivity index (χ3v) is 18.1. The van der Waals surface area contributed by atoms with E-state index < -0.39 is 23.7 Å². The number of aryl methyl sites for hydroxylation is 1. The predicted molar refractivity (Wildman–Crippen MR) is 452 cm³/mol. The van der Waals surface area contributed by atoms with Gasteiger partial charge in [-0.3, -0.25) is 4.79 Å². The van der Waals surface area contributed by atoms with Gasteiger partial charge in [0.05, 0.1) is 37.6 Å². The highest BCUT2D eigenvalue weighted by atomic mass is 17.3. The first-order chi connectivity index (χ1) is 65.5. The number of ketones is 1. The fourth-order valence-electron chi connectivity index (χ4n) is 11.4. The lowest BCUT2D eigenvalue weighted by Gasteiger charge is -2.33. The first-order valence-electron chi connectivity index (χ1n) is 44.5. The van der Waals surface area contributed by atoms with Gasteiger partial charge >= 0.3 is 7.12 Å². The molecule has 2 N–H and O–H groups in total. The van der Waals surface area contributed by atoms with E-state index in [2.05, 4.69) is 88.4 Å². The van der Waals surface area contributed by atoms with Gasteiger partial charge in [-0.25, -0.2) is 196 Å². The molecule has 0 bridgehead atoms. The van der Waals surface area contributed by atoms with E-state index in [9.17, 15) is 4.79 Å². The van der Waals surface area contributed by atoms with Crippen LogP contribution < -0.4 is 11.2 Å². The van der Waals surface area contributed by atoms with Crippen molar-refractivity contribution in [3.8, 4) is 22.3 Å². The van der Waals surface area contributed by atoms with Gasteiger partial charge in [0.25, 0.3) is 0 Å². The second kappa shape index (κ2) is 84.4. The molecule has 49 heteroatoms. The van der Waals surface area contributed by atoms with E-state index in [0.717, 1.165) is 53.4 Å². The molecule has 0 unspecified atom stereocenters. The van der Waals surface area contributed by atoms with Crippen LogP contribution in [0.15, 0.2) is 60.7 Å². The fraction of sp³-hybridized carbons (Fsp3) is 0.774. The van der Waals surface area contributed by atoms with Gasteiger partial charge in [-0.1, -0.05) is 54.6 Å². The summed E-state index contributed by atoms with van der Waals surface area (Å²) in [6.45, 7) is 15.9.